The first kappa shape index (κ1) is 23.6. The van der Waals surface area contributed by atoms with Gasteiger partial charge >= 0.3 is 0 Å². The van der Waals surface area contributed by atoms with Crippen LogP contribution in [0.2, 0.25) is 0 Å². The number of ketones is 1. The molecule has 7 nitrogen and oxygen atoms in total. The number of pyridine rings is 1. The van der Waals surface area contributed by atoms with Crippen molar-refractivity contribution in [3.05, 3.63) is 86.7 Å². The van der Waals surface area contributed by atoms with E-state index >= 15 is 0 Å². The summed E-state index contributed by atoms with van der Waals surface area (Å²) in [5.74, 6) is 0.216. The number of hydrogen-bond donors (Lipinski definition) is 1. The van der Waals surface area contributed by atoms with Crippen LogP contribution in [0.4, 0.5) is 0 Å². The zero-order chi connectivity index (χ0) is 24.0. The molecule has 33 heavy (non-hydrogen) atoms. The third-order valence-electron chi connectivity index (χ3n) is 5.39. The lowest BCUT2D eigenvalue weighted by Gasteiger charge is -2.16. The molecule has 0 saturated carbocycles. The number of methoxy groups -OCH3 is 1. The van der Waals surface area contributed by atoms with Gasteiger partial charge in [-0.15, -0.1) is 0 Å². The number of rotatable bonds is 9. The highest BCUT2D eigenvalue weighted by atomic mass is 16.5. The highest BCUT2D eigenvalue weighted by molar-refractivity contribution is 6.11. The summed E-state index contributed by atoms with van der Waals surface area (Å²) in [5.41, 5.74) is 0.224. The monoisotopic (exact) mass is 446 g/mol. The molecule has 0 bridgehead atoms. The molecular formula is C26H26N2O5. The van der Waals surface area contributed by atoms with Crippen molar-refractivity contribution in [2.24, 2.45) is 0 Å². The Hall–Kier alpha value is -4.05. The van der Waals surface area contributed by atoms with Crippen molar-refractivity contribution in [2.45, 2.75) is 33.2 Å². The molecule has 0 atom stereocenters. The Morgan fingerprint density at radius 1 is 1.15 bits per heavy atom. The van der Waals surface area contributed by atoms with Crippen molar-refractivity contribution in [3.63, 3.8) is 0 Å². The Kier molecular flexibility index (Phi) is 7.52. The average Bonchev–Trinajstić information content (AvgIpc) is 2.83. The zero-order valence-corrected chi connectivity index (χ0v) is 18.9. The molecule has 2 aromatic carbocycles. The van der Waals surface area contributed by atoms with Crippen LogP contribution in [0.1, 0.15) is 52.4 Å². The lowest BCUT2D eigenvalue weighted by molar-refractivity contribution is 0.103. The molecule has 0 spiro atoms. The van der Waals surface area contributed by atoms with Gasteiger partial charge in [0.05, 0.1) is 25.8 Å². The topological polar surface area (TPSA) is 102 Å². The minimum absolute atomic E-state index is 0.00985. The van der Waals surface area contributed by atoms with Gasteiger partial charge in [-0.05, 0) is 48.7 Å². The molecule has 3 rings (SSSR count). The molecule has 0 aliphatic rings. The van der Waals surface area contributed by atoms with Gasteiger partial charge in [-0.3, -0.25) is 14.2 Å². The van der Waals surface area contributed by atoms with Gasteiger partial charge in [0.1, 0.15) is 23.1 Å². The Balaban J connectivity index is 2.05. The van der Waals surface area contributed by atoms with E-state index in [9.17, 15) is 20.0 Å². The summed E-state index contributed by atoms with van der Waals surface area (Å²) < 4.78 is 11.9. The lowest BCUT2D eigenvalue weighted by atomic mass is 9.97. The molecule has 0 fully saturated rings. The molecule has 0 amide bonds. The van der Waals surface area contributed by atoms with Crippen molar-refractivity contribution in [1.29, 1.82) is 5.26 Å². The molecule has 0 aliphatic heterocycles. The lowest BCUT2D eigenvalue weighted by Crippen LogP contribution is -2.27. The molecule has 0 unspecified atom stereocenters. The van der Waals surface area contributed by atoms with E-state index in [2.05, 4.69) is 6.92 Å². The largest absolute Gasteiger partial charge is 0.497 e. The standard InChI is InChI=1S/C26H26N2O5/c1-4-5-13-33-21-8-6-7-19(14-21)24(29)23-17(2)22(15-27)25(30)28(26(23)31)16-18-9-11-20(32-3)12-10-18/h6-12,14,31H,4-5,13,16H2,1-3H3. The van der Waals surface area contributed by atoms with Crippen molar-refractivity contribution in [1.82, 2.24) is 4.57 Å². The number of nitriles is 1. The normalized spacial score (nSPS) is 10.5. The van der Waals surface area contributed by atoms with Gasteiger partial charge in [0, 0.05) is 5.56 Å². The first-order valence-electron chi connectivity index (χ1n) is 10.7. The quantitative estimate of drug-likeness (QED) is 0.390. The van der Waals surface area contributed by atoms with E-state index in [4.69, 9.17) is 9.47 Å². The second-order valence-electron chi connectivity index (χ2n) is 7.61. The van der Waals surface area contributed by atoms with Gasteiger partial charge in [-0.25, -0.2) is 0 Å². The Morgan fingerprint density at radius 3 is 2.52 bits per heavy atom. The molecule has 1 N–H and O–H groups in total. The van der Waals surface area contributed by atoms with E-state index < -0.39 is 17.2 Å². The average molecular weight is 447 g/mol. The SMILES string of the molecule is CCCCOc1cccc(C(=O)c2c(C)c(C#N)c(=O)n(Cc3ccc(OC)cc3)c2O)c1. The molecule has 1 aromatic heterocycles. The van der Waals surface area contributed by atoms with Crippen LogP contribution >= 0.6 is 0 Å². The van der Waals surface area contributed by atoms with Crippen LogP contribution in [0.15, 0.2) is 53.3 Å². The summed E-state index contributed by atoms with van der Waals surface area (Å²) >= 11 is 0. The summed E-state index contributed by atoms with van der Waals surface area (Å²) in [5, 5.41) is 20.6. The molecule has 1 heterocycles. The molecule has 0 saturated heterocycles. The van der Waals surface area contributed by atoms with Crippen LogP contribution in [0.3, 0.4) is 0 Å². The van der Waals surface area contributed by atoms with Crippen molar-refractivity contribution >= 4 is 5.78 Å². The molecule has 170 valence electrons. The molecule has 3 aromatic rings. The van der Waals surface area contributed by atoms with Crippen LogP contribution in [0, 0.1) is 18.3 Å². The van der Waals surface area contributed by atoms with Crippen LogP contribution in [0.25, 0.3) is 0 Å². The summed E-state index contributed by atoms with van der Waals surface area (Å²) in [4.78, 5) is 26.3. The summed E-state index contributed by atoms with van der Waals surface area (Å²) in [6.07, 6.45) is 1.87. The number of carbonyl (C=O) groups is 1. The fourth-order valence-electron chi connectivity index (χ4n) is 3.49. The minimum atomic E-state index is -0.656. The maximum absolute atomic E-state index is 13.4. The smallest absolute Gasteiger partial charge is 0.271 e. The molecular weight excluding hydrogens is 420 g/mol. The number of nitrogens with zero attached hydrogens (tertiary/aromatic N) is 2. The Labute approximate surface area is 192 Å². The van der Waals surface area contributed by atoms with Gasteiger partial charge in [-0.2, -0.15) is 5.26 Å². The van der Waals surface area contributed by atoms with Gasteiger partial charge in [-0.1, -0.05) is 37.6 Å². The second kappa shape index (κ2) is 10.5. The van der Waals surface area contributed by atoms with Crippen molar-refractivity contribution in [3.8, 4) is 23.4 Å². The Morgan fingerprint density at radius 2 is 1.88 bits per heavy atom. The van der Waals surface area contributed by atoms with Crippen LogP contribution in [0.5, 0.6) is 17.4 Å². The maximum Gasteiger partial charge on any atom is 0.271 e. The maximum atomic E-state index is 13.4. The molecule has 0 radical (unpaired) electrons. The predicted octanol–water partition coefficient (Wildman–Crippen LogP) is 4.20. The van der Waals surface area contributed by atoms with Gasteiger partial charge in [0.25, 0.3) is 5.56 Å². The Bertz CT molecular complexity index is 1250. The van der Waals surface area contributed by atoms with E-state index in [1.807, 2.05) is 6.07 Å². The number of unbranched alkanes of at least 4 members (excludes halogenated alkanes) is 1. The third kappa shape index (κ3) is 5.07. The predicted molar refractivity (Wildman–Crippen MR) is 124 cm³/mol. The second-order valence-corrected chi connectivity index (χ2v) is 7.61. The first-order chi connectivity index (χ1) is 15.9. The van der Waals surface area contributed by atoms with Gasteiger partial charge in [0.2, 0.25) is 5.88 Å². The summed E-state index contributed by atoms with van der Waals surface area (Å²) in [6, 6.07) is 15.5. The number of ether oxygens (including phenoxy) is 2. The summed E-state index contributed by atoms with van der Waals surface area (Å²) in [7, 11) is 1.55. The highest BCUT2D eigenvalue weighted by Gasteiger charge is 2.25. The highest BCUT2D eigenvalue weighted by Crippen LogP contribution is 2.27. The van der Waals surface area contributed by atoms with E-state index in [0.717, 1.165) is 17.4 Å². The van der Waals surface area contributed by atoms with E-state index in [1.54, 1.807) is 55.6 Å². The third-order valence-corrected chi connectivity index (χ3v) is 5.39. The van der Waals surface area contributed by atoms with Gasteiger partial charge < -0.3 is 14.6 Å². The van der Waals surface area contributed by atoms with E-state index in [-0.39, 0.29) is 23.2 Å². The zero-order valence-electron chi connectivity index (χ0n) is 18.9. The van der Waals surface area contributed by atoms with E-state index in [0.29, 0.717) is 29.2 Å². The van der Waals surface area contributed by atoms with Crippen LogP contribution < -0.4 is 15.0 Å². The van der Waals surface area contributed by atoms with Crippen LogP contribution in [-0.4, -0.2) is 29.2 Å². The number of hydrogen-bond acceptors (Lipinski definition) is 6. The van der Waals surface area contributed by atoms with Crippen LogP contribution in [-0.2, 0) is 6.54 Å². The number of carbonyl (C=O) groups excluding carboxylic acids is 1. The molecule has 7 heteroatoms. The number of aromatic hydroxyl groups is 1. The fourth-order valence-corrected chi connectivity index (χ4v) is 3.49. The fraction of sp³-hybridized carbons (Fsp3) is 0.269. The molecule has 0 aliphatic carbocycles. The first-order valence-corrected chi connectivity index (χ1v) is 10.7. The van der Waals surface area contributed by atoms with Gasteiger partial charge in [0.15, 0.2) is 5.78 Å². The van der Waals surface area contributed by atoms with Crippen molar-refractivity contribution < 1.29 is 19.4 Å². The van der Waals surface area contributed by atoms with Crippen molar-refractivity contribution in [2.75, 3.05) is 13.7 Å². The number of aromatic nitrogens is 1. The summed E-state index contributed by atoms with van der Waals surface area (Å²) in [6.45, 7) is 4.07. The van der Waals surface area contributed by atoms with E-state index in [1.165, 1.54) is 6.92 Å². The minimum Gasteiger partial charge on any atom is -0.497 e. The number of benzene rings is 2.